The van der Waals surface area contributed by atoms with Gasteiger partial charge in [-0.25, -0.2) is 0 Å². The van der Waals surface area contributed by atoms with Crippen molar-refractivity contribution >= 4 is 22.5 Å². The Morgan fingerprint density at radius 2 is 1.96 bits per heavy atom. The molecule has 2 N–H and O–H groups in total. The highest BCUT2D eigenvalue weighted by atomic mass is 16.5. The first-order valence-electron chi connectivity index (χ1n) is 7.05. The van der Waals surface area contributed by atoms with Gasteiger partial charge in [0.25, 0.3) is 0 Å². The number of azo groups is 1. The number of nitriles is 1. The Kier molecular flexibility index (Phi) is 4.21. The van der Waals surface area contributed by atoms with Crippen molar-refractivity contribution < 1.29 is 14.6 Å². The van der Waals surface area contributed by atoms with Crippen LogP contribution < -0.4 is 4.74 Å². The number of carbonyl (C=O) groups excluding carboxylic acids is 1. The van der Waals surface area contributed by atoms with Crippen molar-refractivity contribution in [3.63, 3.8) is 0 Å². The smallest absolute Gasteiger partial charge is 0.302 e. The second-order valence-corrected chi connectivity index (χ2v) is 4.86. The van der Waals surface area contributed by atoms with Crippen LogP contribution in [0.2, 0.25) is 0 Å². The van der Waals surface area contributed by atoms with E-state index in [1.54, 1.807) is 42.5 Å². The molecule has 118 valence electrons. The van der Waals surface area contributed by atoms with Crippen LogP contribution in [0.4, 0.5) is 5.69 Å². The SMILES string of the molecule is N#Cc1ccccc1OCC(=O)N=Nc1c(O)[nH]c2ccccc12. The summed E-state index contributed by atoms with van der Waals surface area (Å²) in [4.78, 5) is 14.5. The monoisotopic (exact) mass is 320 g/mol. The van der Waals surface area contributed by atoms with E-state index in [4.69, 9.17) is 10.00 Å². The van der Waals surface area contributed by atoms with Crippen LogP contribution in [0.1, 0.15) is 5.56 Å². The lowest BCUT2D eigenvalue weighted by atomic mass is 10.2. The Bertz CT molecular complexity index is 969. The van der Waals surface area contributed by atoms with Gasteiger partial charge in [0.1, 0.15) is 11.8 Å². The Balaban J connectivity index is 1.71. The molecule has 0 unspecified atom stereocenters. The van der Waals surface area contributed by atoms with Crippen molar-refractivity contribution in [3.05, 3.63) is 54.1 Å². The third-order valence-corrected chi connectivity index (χ3v) is 3.28. The van der Waals surface area contributed by atoms with E-state index in [1.807, 2.05) is 12.1 Å². The van der Waals surface area contributed by atoms with Gasteiger partial charge in [-0.3, -0.25) is 4.79 Å². The molecule has 1 heterocycles. The van der Waals surface area contributed by atoms with E-state index in [2.05, 4.69) is 15.2 Å². The van der Waals surface area contributed by atoms with Crippen LogP contribution in [-0.4, -0.2) is 22.6 Å². The number of aromatic amines is 1. The summed E-state index contributed by atoms with van der Waals surface area (Å²) in [5.74, 6) is -0.491. The molecule has 0 atom stereocenters. The van der Waals surface area contributed by atoms with Crippen LogP contribution in [0, 0.1) is 11.3 Å². The molecule has 0 spiro atoms. The van der Waals surface area contributed by atoms with Crippen molar-refractivity contribution in [2.45, 2.75) is 0 Å². The summed E-state index contributed by atoms with van der Waals surface area (Å²) < 4.78 is 5.28. The lowest BCUT2D eigenvalue weighted by Crippen LogP contribution is -2.08. The molecule has 2 aromatic carbocycles. The quantitative estimate of drug-likeness (QED) is 0.717. The fourth-order valence-electron chi connectivity index (χ4n) is 2.17. The molecule has 1 amide bonds. The molecule has 0 radical (unpaired) electrons. The van der Waals surface area contributed by atoms with E-state index < -0.39 is 5.91 Å². The number of H-pyrrole nitrogens is 1. The van der Waals surface area contributed by atoms with Crippen molar-refractivity contribution in [3.8, 4) is 17.7 Å². The normalized spacial score (nSPS) is 10.8. The Labute approximate surface area is 136 Å². The van der Waals surface area contributed by atoms with Gasteiger partial charge < -0.3 is 14.8 Å². The molecular weight excluding hydrogens is 308 g/mol. The zero-order chi connectivity index (χ0) is 16.9. The zero-order valence-electron chi connectivity index (χ0n) is 12.4. The molecule has 0 saturated carbocycles. The van der Waals surface area contributed by atoms with Crippen LogP contribution in [0.25, 0.3) is 10.9 Å². The second kappa shape index (κ2) is 6.62. The number of hydrogen-bond acceptors (Lipinski definition) is 5. The summed E-state index contributed by atoms with van der Waals surface area (Å²) in [6.07, 6.45) is 0. The minimum Gasteiger partial charge on any atom is -0.493 e. The topological polar surface area (TPSA) is 111 Å². The first kappa shape index (κ1) is 15.2. The maximum atomic E-state index is 11.8. The van der Waals surface area contributed by atoms with Crippen molar-refractivity contribution in [1.29, 1.82) is 5.26 Å². The lowest BCUT2D eigenvalue weighted by Gasteiger charge is -2.04. The fraction of sp³-hybridized carbons (Fsp3) is 0.0588. The molecular formula is C17H12N4O3. The molecule has 3 rings (SSSR count). The van der Waals surface area contributed by atoms with Crippen LogP contribution in [0.15, 0.2) is 58.8 Å². The highest BCUT2D eigenvalue weighted by Crippen LogP contribution is 2.35. The number of nitrogens with one attached hydrogen (secondary N) is 1. The molecule has 0 fully saturated rings. The van der Waals surface area contributed by atoms with Crippen LogP contribution >= 0.6 is 0 Å². The van der Waals surface area contributed by atoms with Gasteiger partial charge in [-0.2, -0.15) is 5.26 Å². The molecule has 0 aliphatic heterocycles. The first-order chi connectivity index (χ1) is 11.7. The van der Waals surface area contributed by atoms with Gasteiger partial charge in [-0.05, 0) is 18.2 Å². The van der Waals surface area contributed by atoms with Gasteiger partial charge in [-0.15, -0.1) is 10.2 Å². The lowest BCUT2D eigenvalue weighted by molar-refractivity contribution is -0.120. The van der Waals surface area contributed by atoms with Gasteiger partial charge in [0.2, 0.25) is 5.88 Å². The number of rotatable bonds is 4. The highest BCUT2D eigenvalue weighted by Gasteiger charge is 2.11. The molecule has 24 heavy (non-hydrogen) atoms. The number of nitrogens with zero attached hydrogens (tertiary/aromatic N) is 3. The maximum Gasteiger partial charge on any atom is 0.302 e. The summed E-state index contributed by atoms with van der Waals surface area (Å²) in [7, 11) is 0. The fourth-order valence-corrected chi connectivity index (χ4v) is 2.17. The third kappa shape index (κ3) is 3.08. The van der Waals surface area contributed by atoms with E-state index in [0.717, 1.165) is 0 Å². The predicted octanol–water partition coefficient (Wildman–Crippen LogP) is 3.43. The van der Waals surface area contributed by atoms with Crippen LogP contribution in [0.5, 0.6) is 11.6 Å². The number of carbonyl (C=O) groups is 1. The van der Waals surface area contributed by atoms with E-state index in [0.29, 0.717) is 22.2 Å². The van der Waals surface area contributed by atoms with Gasteiger partial charge in [-0.1, -0.05) is 30.3 Å². The Morgan fingerprint density at radius 3 is 2.79 bits per heavy atom. The Hall–Kier alpha value is -3.66. The van der Waals surface area contributed by atoms with E-state index in [9.17, 15) is 9.90 Å². The molecule has 0 aliphatic carbocycles. The van der Waals surface area contributed by atoms with Gasteiger partial charge in [0.15, 0.2) is 12.3 Å². The minimum absolute atomic E-state index is 0.163. The number of aromatic hydroxyl groups is 1. The molecule has 7 heteroatoms. The number of fused-ring (bicyclic) bond motifs is 1. The summed E-state index contributed by atoms with van der Waals surface area (Å²) >= 11 is 0. The average Bonchev–Trinajstić information content (AvgIpc) is 2.93. The molecule has 0 bridgehead atoms. The van der Waals surface area contributed by atoms with Gasteiger partial charge in [0, 0.05) is 5.39 Å². The minimum atomic E-state index is -0.632. The zero-order valence-corrected chi connectivity index (χ0v) is 12.4. The van der Waals surface area contributed by atoms with Crippen LogP contribution in [0.3, 0.4) is 0 Å². The predicted molar refractivity (Wildman–Crippen MR) is 86.1 cm³/mol. The van der Waals surface area contributed by atoms with Crippen molar-refractivity contribution in [1.82, 2.24) is 4.98 Å². The largest absolute Gasteiger partial charge is 0.493 e. The summed E-state index contributed by atoms with van der Waals surface area (Å²) in [5, 5.41) is 26.8. The maximum absolute atomic E-state index is 11.8. The first-order valence-corrected chi connectivity index (χ1v) is 7.05. The summed E-state index contributed by atoms with van der Waals surface area (Å²) in [6.45, 7) is -0.356. The Morgan fingerprint density at radius 1 is 1.21 bits per heavy atom. The van der Waals surface area contributed by atoms with Crippen molar-refractivity contribution in [2.24, 2.45) is 10.2 Å². The molecule has 0 saturated heterocycles. The molecule has 3 aromatic rings. The van der Waals surface area contributed by atoms with Gasteiger partial charge >= 0.3 is 5.91 Å². The number of hydrogen-bond donors (Lipinski definition) is 2. The summed E-state index contributed by atoms with van der Waals surface area (Å²) in [5.41, 5.74) is 1.21. The third-order valence-electron chi connectivity index (χ3n) is 3.28. The van der Waals surface area contributed by atoms with Crippen LogP contribution in [-0.2, 0) is 4.79 Å². The number of para-hydroxylation sites is 2. The van der Waals surface area contributed by atoms with E-state index in [-0.39, 0.29) is 18.2 Å². The molecule has 0 aliphatic rings. The number of aromatic nitrogens is 1. The second-order valence-electron chi connectivity index (χ2n) is 4.86. The van der Waals surface area contributed by atoms with E-state index in [1.165, 1.54) is 0 Å². The van der Waals surface area contributed by atoms with E-state index >= 15 is 0 Å². The molecule has 7 nitrogen and oxygen atoms in total. The average molecular weight is 320 g/mol. The number of benzene rings is 2. The van der Waals surface area contributed by atoms with Gasteiger partial charge in [0.05, 0.1) is 11.1 Å². The highest BCUT2D eigenvalue weighted by molar-refractivity contribution is 5.94. The standard InChI is InChI=1S/C17H12N4O3/c18-9-11-5-1-4-8-14(11)24-10-15(22)20-21-16-12-6-2-3-7-13(12)19-17(16)23/h1-8,19,23H,10H2. The number of ether oxygens (including phenoxy) is 1. The molecule has 1 aromatic heterocycles. The summed E-state index contributed by atoms with van der Waals surface area (Å²) in [6, 6.07) is 15.7. The van der Waals surface area contributed by atoms with Crippen molar-refractivity contribution in [2.75, 3.05) is 6.61 Å². The number of amides is 1.